The number of anilines is 1. The van der Waals surface area contributed by atoms with Gasteiger partial charge in [-0.05, 0) is 43.7 Å². The van der Waals surface area contributed by atoms with Crippen LogP contribution in [0.5, 0.6) is 5.75 Å². The Labute approximate surface area is 210 Å². The smallest absolute Gasteiger partial charge is 0.490 e. The summed E-state index contributed by atoms with van der Waals surface area (Å²) in [5, 5.41) is 13.8. The van der Waals surface area contributed by atoms with Crippen molar-refractivity contribution < 1.29 is 41.9 Å². The van der Waals surface area contributed by atoms with Gasteiger partial charge in [-0.15, -0.1) is 0 Å². The minimum absolute atomic E-state index is 0.192. The Morgan fingerprint density at radius 1 is 1.22 bits per heavy atom. The van der Waals surface area contributed by atoms with E-state index in [1.807, 2.05) is 50.2 Å². The molecule has 1 fully saturated rings. The molecule has 10 nitrogen and oxygen atoms in total. The summed E-state index contributed by atoms with van der Waals surface area (Å²) in [6, 6.07) is 13.0. The molecule has 0 aliphatic carbocycles. The van der Waals surface area contributed by atoms with E-state index in [-0.39, 0.29) is 12.1 Å². The van der Waals surface area contributed by atoms with Crippen molar-refractivity contribution in [3.05, 3.63) is 59.9 Å². The Morgan fingerprint density at radius 2 is 1.95 bits per heavy atom. The number of urea groups is 1. The van der Waals surface area contributed by atoms with Gasteiger partial charge < -0.3 is 24.0 Å². The number of rotatable bonds is 5. The summed E-state index contributed by atoms with van der Waals surface area (Å²) in [4.78, 5) is 27.7. The van der Waals surface area contributed by atoms with Crippen LogP contribution in [-0.2, 0) is 9.53 Å². The number of carboxylic acids is 1. The molecular weight excluding hydrogens is 497 g/mol. The zero-order valence-electron chi connectivity index (χ0n) is 20.0. The number of aromatic nitrogens is 2. The Hall–Kier alpha value is -4.13. The predicted molar refractivity (Wildman–Crippen MR) is 125 cm³/mol. The number of aryl methyl sites for hydroxylation is 2. The molecule has 1 unspecified atom stereocenters. The summed E-state index contributed by atoms with van der Waals surface area (Å²) in [5.41, 5.74) is 2.74. The molecule has 1 aliphatic heterocycles. The van der Waals surface area contributed by atoms with Crippen molar-refractivity contribution in [2.45, 2.75) is 26.1 Å². The average molecular weight is 522 g/mol. The average Bonchev–Trinajstić information content (AvgIpc) is 3.37. The van der Waals surface area contributed by atoms with E-state index in [2.05, 4.69) is 15.5 Å². The summed E-state index contributed by atoms with van der Waals surface area (Å²) in [6.07, 6.45) is -3.73. The van der Waals surface area contributed by atoms with E-state index in [1.54, 1.807) is 17.2 Å². The van der Waals surface area contributed by atoms with Crippen molar-refractivity contribution in [3.8, 4) is 17.1 Å². The molecule has 3 heterocycles. The monoisotopic (exact) mass is 522 g/mol. The minimum Gasteiger partial charge on any atom is -0.490 e. The fourth-order valence-corrected chi connectivity index (χ4v) is 3.43. The molecule has 0 saturated carbocycles. The normalized spacial score (nSPS) is 15.4. The zero-order chi connectivity index (χ0) is 27.0. The number of aliphatic carboxylic acids is 1. The largest absolute Gasteiger partial charge is 0.490 e. The number of carbonyl (C=O) groups excluding carboxylic acids is 1. The van der Waals surface area contributed by atoms with Crippen molar-refractivity contribution in [1.29, 1.82) is 0 Å². The maximum atomic E-state index is 12.7. The highest BCUT2D eigenvalue weighted by Gasteiger charge is 2.38. The first-order valence-electron chi connectivity index (χ1n) is 11.1. The summed E-state index contributed by atoms with van der Waals surface area (Å²) < 4.78 is 48.8. The van der Waals surface area contributed by atoms with Gasteiger partial charge in [-0.3, -0.25) is 5.32 Å². The zero-order valence-corrected chi connectivity index (χ0v) is 20.0. The summed E-state index contributed by atoms with van der Waals surface area (Å²) in [5.74, 6) is -0.888. The lowest BCUT2D eigenvalue weighted by atomic mass is 10.1. The molecule has 1 saturated heterocycles. The second-order valence-electron chi connectivity index (χ2n) is 8.03. The Morgan fingerprint density at radius 3 is 2.59 bits per heavy atom. The molecule has 198 valence electrons. The number of hydrogen-bond donors (Lipinski definition) is 2. The van der Waals surface area contributed by atoms with Crippen molar-refractivity contribution in [2.75, 3.05) is 31.6 Å². The first kappa shape index (κ1) is 27.5. The van der Waals surface area contributed by atoms with Crippen LogP contribution in [-0.4, -0.2) is 70.7 Å². The highest BCUT2D eigenvalue weighted by Crippen LogP contribution is 2.29. The van der Waals surface area contributed by atoms with Crippen molar-refractivity contribution >= 4 is 17.8 Å². The second kappa shape index (κ2) is 12.2. The molecule has 13 heteroatoms. The van der Waals surface area contributed by atoms with Crippen LogP contribution in [0.15, 0.2) is 53.2 Å². The second-order valence-corrected chi connectivity index (χ2v) is 8.03. The molecule has 1 aromatic carbocycles. The maximum absolute atomic E-state index is 12.7. The van der Waals surface area contributed by atoms with E-state index >= 15 is 0 Å². The van der Waals surface area contributed by atoms with Crippen LogP contribution in [0.1, 0.15) is 11.3 Å². The van der Waals surface area contributed by atoms with E-state index in [0.29, 0.717) is 43.6 Å². The molecule has 0 spiro atoms. The standard InChI is InChI=1S/C22H24N4O4.C2HF3O2/c1-15-11-16(2)24-21(12-15)25-22(27)26-9-10-28-17(13-26)14-29-19-6-4-3-5-18(19)20-7-8-23-30-20;3-2(4,5)1(6)7/h3-8,11-12,17H,9-10,13-14H2,1-2H3,(H,24,25,27);(H,6,7). The fourth-order valence-electron chi connectivity index (χ4n) is 3.43. The molecule has 1 atom stereocenters. The quantitative estimate of drug-likeness (QED) is 0.508. The molecule has 2 aromatic heterocycles. The predicted octanol–water partition coefficient (Wildman–Crippen LogP) is 4.30. The van der Waals surface area contributed by atoms with E-state index < -0.39 is 12.1 Å². The van der Waals surface area contributed by atoms with Gasteiger partial charge >= 0.3 is 18.2 Å². The van der Waals surface area contributed by atoms with Gasteiger partial charge in [0.1, 0.15) is 24.3 Å². The fraction of sp³-hybridized carbons (Fsp3) is 0.333. The lowest BCUT2D eigenvalue weighted by Gasteiger charge is -2.32. The Balaban J connectivity index is 0.000000479. The van der Waals surface area contributed by atoms with Gasteiger partial charge in [-0.1, -0.05) is 17.3 Å². The molecule has 3 aromatic rings. The first-order valence-corrected chi connectivity index (χ1v) is 11.1. The molecule has 37 heavy (non-hydrogen) atoms. The van der Waals surface area contributed by atoms with E-state index in [1.165, 1.54) is 0 Å². The van der Waals surface area contributed by atoms with Crippen molar-refractivity contribution in [1.82, 2.24) is 15.0 Å². The van der Waals surface area contributed by atoms with Gasteiger partial charge in [0.25, 0.3) is 0 Å². The Bertz CT molecular complexity index is 1180. The van der Waals surface area contributed by atoms with Crippen LogP contribution in [0.3, 0.4) is 0 Å². The SMILES string of the molecule is Cc1cc(C)nc(NC(=O)N2CCOC(COc3ccccc3-c3ccno3)C2)c1.O=C(O)C(F)(F)F. The maximum Gasteiger partial charge on any atom is 0.490 e. The number of ether oxygens (including phenoxy) is 2. The summed E-state index contributed by atoms with van der Waals surface area (Å²) in [7, 11) is 0. The first-order chi connectivity index (χ1) is 17.5. The number of morpholine rings is 1. The molecule has 2 amide bonds. The van der Waals surface area contributed by atoms with Gasteiger partial charge in [0.2, 0.25) is 0 Å². The topological polar surface area (TPSA) is 127 Å². The van der Waals surface area contributed by atoms with Gasteiger partial charge in [0.15, 0.2) is 5.76 Å². The van der Waals surface area contributed by atoms with E-state index in [4.69, 9.17) is 23.9 Å². The number of carbonyl (C=O) groups is 2. The number of nitrogens with zero attached hydrogens (tertiary/aromatic N) is 3. The molecule has 4 rings (SSSR count). The van der Waals surface area contributed by atoms with Gasteiger partial charge in [-0.25, -0.2) is 14.6 Å². The number of para-hydroxylation sites is 1. The van der Waals surface area contributed by atoms with Crippen LogP contribution >= 0.6 is 0 Å². The number of alkyl halides is 3. The van der Waals surface area contributed by atoms with Crippen LogP contribution < -0.4 is 10.1 Å². The highest BCUT2D eigenvalue weighted by atomic mass is 19.4. The van der Waals surface area contributed by atoms with Gasteiger partial charge in [0, 0.05) is 18.3 Å². The third-order valence-corrected chi connectivity index (χ3v) is 5.02. The number of amides is 2. The number of hydrogen-bond acceptors (Lipinski definition) is 7. The van der Waals surface area contributed by atoms with E-state index in [9.17, 15) is 18.0 Å². The van der Waals surface area contributed by atoms with E-state index in [0.717, 1.165) is 16.8 Å². The van der Waals surface area contributed by atoms with Gasteiger partial charge in [0.05, 0.1) is 24.9 Å². The van der Waals surface area contributed by atoms with Crippen LogP contribution in [0.4, 0.5) is 23.8 Å². The number of halogens is 3. The molecule has 1 aliphatic rings. The number of benzene rings is 1. The Kier molecular flexibility index (Phi) is 9.06. The summed E-state index contributed by atoms with van der Waals surface area (Å²) in [6.45, 7) is 5.59. The molecule has 2 N–H and O–H groups in total. The summed E-state index contributed by atoms with van der Waals surface area (Å²) >= 11 is 0. The number of nitrogens with one attached hydrogen (secondary N) is 1. The highest BCUT2D eigenvalue weighted by molar-refractivity contribution is 5.88. The van der Waals surface area contributed by atoms with Crippen LogP contribution in [0.25, 0.3) is 11.3 Å². The number of carboxylic acid groups (broad SMARTS) is 1. The third-order valence-electron chi connectivity index (χ3n) is 5.02. The molecule has 0 bridgehead atoms. The lowest BCUT2D eigenvalue weighted by molar-refractivity contribution is -0.192. The third kappa shape index (κ3) is 8.20. The van der Waals surface area contributed by atoms with Crippen LogP contribution in [0.2, 0.25) is 0 Å². The minimum atomic E-state index is -5.08. The number of pyridine rings is 1. The van der Waals surface area contributed by atoms with Crippen LogP contribution in [0, 0.1) is 13.8 Å². The molecular formula is C24H25F3N4O6. The molecule has 0 radical (unpaired) electrons. The van der Waals surface area contributed by atoms with Crippen molar-refractivity contribution in [2.24, 2.45) is 0 Å². The lowest BCUT2D eigenvalue weighted by Crippen LogP contribution is -2.49. The van der Waals surface area contributed by atoms with Crippen molar-refractivity contribution in [3.63, 3.8) is 0 Å². The van der Waals surface area contributed by atoms with Gasteiger partial charge in [-0.2, -0.15) is 13.2 Å².